The Hall–Kier alpha value is -3.55. The molecule has 0 radical (unpaired) electrons. The Balaban J connectivity index is 1.85. The maximum absolute atomic E-state index is 14.1. The van der Waals surface area contributed by atoms with Crippen molar-refractivity contribution in [2.45, 2.75) is 40.3 Å². The van der Waals surface area contributed by atoms with Gasteiger partial charge in [0.2, 0.25) is 5.96 Å². The highest BCUT2D eigenvalue weighted by Crippen LogP contribution is 2.14. The number of rotatable bonds is 6. The fraction of sp³-hybridized carbons (Fsp3) is 0.261. The summed E-state index contributed by atoms with van der Waals surface area (Å²) < 4.78 is 29.8. The van der Waals surface area contributed by atoms with Gasteiger partial charge in [0.1, 0.15) is 11.6 Å². The van der Waals surface area contributed by atoms with E-state index in [0.29, 0.717) is 5.56 Å². The number of aryl methyl sites for hydroxylation is 3. The first-order valence-corrected chi connectivity index (χ1v) is 10.0. The number of carbonyl (C=O) groups excluding carboxylic acids is 1. The monoisotopic (exact) mass is 425 g/mol. The average molecular weight is 425 g/mol. The van der Waals surface area contributed by atoms with Crippen LogP contribution in [0, 0.1) is 25.5 Å². The number of halogens is 2. The quantitative estimate of drug-likeness (QED) is 0.448. The van der Waals surface area contributed by atoms with Crippen molar-refractivity contribution in [2.24, 2.45) is 4.99 Å². The molecule has 0 saturated carbocycles. The highest BCUT2D eigenvalue weighted by atomic mass is 19.1. The molecule has 2 aromatic carbocycles. The number of para-hydroxylation sites is 1. The molecule has 3 aromatic rings. The van der Waals surface area contributed by atoms with Crippen LogP contribution in [-0.2, 0) is 13.1 Å². The normalized spacial score (nSPS) is 11.5. The predicted octanol–water partition coefficient (Wildman–Crippen LogP) is 4.59. The van der Waals surface area contributed by atoms with E-state index in [0.717, 1.165) is 30.3 Å². The molecular formula is C23H25F2N5O. The number of amides is 1. The molecule has 1 aromatic heterocycles. The van der Waals surface area contributed by atoms with E-state index in [2.05, 4.69) is 27.6 Å². The van der Waals surface area contributed by atoms with Gasteiger partial charge in [0.05, 0.1) is 17.9 Å². The first-order valence-electron chi connectivity index (χ1n) is 10.0. The fourth-order valence-electron chi connectivity index (χ4n) is 2.94. The SMILES string of the molecule is CCCn1cc(CN=C(NC(=O)c2ccc(C)c(F)c2)Nc2ccccc2F)c(C)n1. The highest BCUT2D eigenvalue weighted by molar-refractivity contribution is 6.10. The van der Waals surface area contributed by atoms with Crippen LogP contribution in [-0.4, -0.2) is 21.6 Å². The summed E-state index contributed by atoms with van der Waals surface area (Å²) in [6.07, 6.45) is 2.85. The number of guanidine groups is 1. The largest absolute Gasteiger partial charge is 0.323 e. The number of aliphatic imine (C=N–C) groups is 1. The molecule has 6 nitrogen and oxygen atoms in total. The zero-order valence-corrected chi connectivity index (χ0v) is 17.7. The molecule has 0 atom stereocenters. The van der Waals surface area contributed by atoms with Crippen molar-refractivity contribution >= 4 is 17.6 Å². The van der Waals surface area contributed by atoms with Crippen LogP contribution in [0.4, 0.5) is 14.5 Å². The van der Waals surface area contributed by atoms with Crippen LogP contribution in [0.5, 0.6) is 0 Å². The molecule has 0 fully saturated rings. The van der Waals surface area contributed by atoms with Gasteiger partial charge in [0.25, 0.3) is 5.91 Å². The lowest BCUT2D eigenvalue weighted by atomic mass is 10.1. The molecule has 0 aliphatic carbocycles. The van der Waals surface area contributed by atoms with Gasteiger partial charge in [-0.2, -0.15) is 5.10 Å². The van der Waals surface area contributed by atoms with Gasteiger partial charge in [-0.25, -0.2) is 13.8 Å². The van der Waals surface area contributed by atoms with Crippen molar-refractivity contribution < 1.29 is 13.6 Å². The smallest absolute Gasteiger partial charge is 0.258 e. The number of anilines is 1. The van der Waals surface area contributed by atoms with Crippen molar-refractivity contribution in [3.63, 3.8) is 0 Å². The minimum absolute atomic E-state index is 0.0544. The van der Waals surface area contributed by atoms with E-state index in [-0.39, 0.29) is 23.8 Å². The van der Waals surface area contributed by atoms with E-state index >= 15 is 0 Å². The van der Waals surface area contributed by atoms with Gasteiger partial charge in [-0.15, -0.1) is 0 Å². The number of hydrogen-bond acceptors (Lipinski definition) is 3. The molecule has 31 heavy (non-hydrogen) atoms. The minimum Gasteiger partial charge on any atom is -0.323 e. The molecule has 0 saturated heterocycles. The molecule has 0 aliphatic rings. The molecule has 1 amide bonds. The van der Waals surface area contributed by atoms with Crippen molar-refractivity contribution in [2.75, 3.05) is 5.32 Å². The van der Waals surface area contributed by atoms with Gasteiger partial charge in [0, 0.05) is 23.9 Å². The summed E-state index contributed by atoms with van der Waals surface area (Å²) in [6.45, 7) is 6.59. The first-order chi connectivity index (χ1) is 14.9. The van der Waals surface area contributed by atoms with Crippen LogP contribution in [0.2, 0.25) is 0 Å². The number of hydrogen-bond donors (Lipinski definition) is 2. The molecule has 0 bridgehead atoms. The third-order valence-electron chi connectivity index (χ3n) is 4.70. The van der Waals surface area contributed by atoms with Crippen LogP contribution >= 0.6 is 0 Å². The van der Waals surface area contributed by atoms with Crippen LogP contribution in [0.25, 0.3) is 0 Å². The van der Waals surface area contributed by atoms with E-state index in [9.17, 15) is 13.6 Å². The van der Waals surface area contributed by atoms with E-state index in [1.54, 1.807) is 19.1 Å². The Morgan fingerprint density at radius 2 is 1.90 bits per heavy atom. The number of nitrogens with one attached hydrogen (secondary N) is 2. The van der Waals surface area contributed by atoms with Crippen LogP contribution in [0.1, 0.15) is 40.5 Å². The van der Waals surface area contributed by atoms with Crippen molar-refractivity contribution in [1.82, 2.24) is 15.1 Å². The Morgan fingerprint density at radius 3 is 2.61 bits per heavy atom. The molecule has 0 unspecified atom stereocenters. The molecule has 162 valence electrons. The van der Waals surface area contributed by atoms with E-state index in [1.807, 2.05) is 17.8 Å². The second-order valence-electron chi connectivity index (χ2n) is 7.19. The Kier molecular flexibility index (Phi) is 7.12. The van der Waals surface area contributed by atoms with Crippen molar-refractivity contribution in [1.29, 1.82) is 0 Å². The van der Waals surface area contributed by atoms with Crippen LogP contribution in [0.3, 0.4) is 0 Å². The summed E-state index contributed by atoms with van der Waals surface area (Å²) in [5, 5.41) is 9.88. The lowest BCUT2D eigenvalue weighted by Gasteiger charge is -2.13. The second kappa shape index (κ2) is 9.97. The van der Waals surface area contributed by atoms with E-state index in [4.69, 9.17) is 0 Å². The lowest BCUT2D eigenvalue weighted by Crippen LogP contribution is -2.36. The number of benzene rings is 2. The summed E-state index contributed by atoms with van der Waals surface area (Å²) in [5.74, 6) is -1.47. The van der Waals surface area contributed by atoms with Gasteiger partial charge < -0.3 is 5.32 Å². The summed E-state index contributed by atoms with van der Waals surface area (Å²) in [7, 11) is 0. The van der Waals surface area contributed by atoms with Crippen LogP contribution in [0.15, 0.2) is 53.7 Å². The van der Waals surface area contributed by atoms with Gasteiger partial charge in [-0.05, 0) is 50.1 Å². The minimum atomic E-state index is -0.556. The van der Waals surface area contributed by atoms with Gasteiger partial charge in [-0.3, -0.25) is 14.8 Å². The van der Waals surface area contributed by atoms with Crippen molar-refractivity contribution in [3.8, 4) is 0 Å². The van der Waals surface area contributed by atoms with Crippen molar-refractivity contribution in [3.05, 3.63) is 82.7 Å². The second-order valence-corrected chi connectivity index (χ2v) is 7.19. The topological polar surface area (TPSA) is 71.3 Å². The zero-order chi connectivity index (χ0) is 22.4. The summed E-state index contributed by atoms with van der Waals surface area (Å²) in [6, 6.07) is 10.3. The Bertz CT molecular complexity index is 1110. The summed E-state index contributed by atoms with van der Waals surface area (Å²) in [4.78, 5) is 17.1. The third-order valence-corrected chi connectivity index (χ3v) is 4.70. The molecule has 3 rings (SSSR count). The Labute approximate surface area is 180 Å². The highest BCUT2D eigenvalue weighted by Gasteiger charge is 2.13. The molecule has 2 N–H and O–H groups in total. The zero-order valence-electron chi connectivity index (χ0n) is 17.7. The van der Waals surface area contributed by atoms with E-state index in [1.165, 1.54) is 24.3 Å². The predicted molar refractivity (Wildman–Crippen MR) is 117 cm³/mol. The molecule has 0 spiro atoms. The van der Waals surface area contributed by atoms with Gasteiger partial charge >= 0.3 is 0 Å². The first kappa shape index (κ1) is 22.1. The van der Waals surface area contributed by atoms with Gasteiger partial charge in [0.15, 0.2) is 0 Å². The standard InChI is InChI=1S/C23H25F2N5O/c1-4-11-30-14-18(16(3)29-30)13-26-23(27-21-8-6-5-7-19(21)24)28-22(31)17-10-9-15(2)20(25)12-17/h5-10,12,14H,4,11,13H2,1-3H3,(H2,26,27,28,31). The number of carbonyl (C=O) groups is 1. The van der Waals surface area contributed by atoms with Crippen LogP contribution < -0.4 is 10.6 Å². The number of nitrogens with zero attached hydrogens (tertiary/aromatic N) is 3. The maximum atomic E-state index is 14.1. The summed E-state index contributed by atoms with van der Waals surface area (Å²) >= 11 is 0. The summed E-state index contributed by atoms with van der Waals surface area (Å²) in [5.41, 5.74) is 2.45. The molecule has 8 heteroatoms. The molecule has 0 aliphatic heterocycles. The number of aromatic nitrogens is 2. The molecule has 1 heterocycles. The van der Waals surface area contributed by atoms with Gasteiger partial charge in [-0.1, -0.05) is 25.1 Å². The molecular weight excluding hydrogens is 400 g/mol. The Morgan fingerprint density at radius 1 is 1.13 bits per heavy atom. The average Bonchev–Trinajstić information content (AvgIpc) is 3.09. The fourth-order valence-corrected chi connectivity index (χ4v) is 2.94. The third kappa shape index (κ3) is 5.75. The van der Waals surface area contributed by atoms with E-state index < -0.39 is 17.5 Å². The lowest BCUT2D eigenvalue weighted by molar-refractivity contribution is 0.0976. The maximum Gasteiger partial charge on any atom is 0.258 e.